The third kappa shape index (κ3) is 2.91. The van der Waals surface area contributed by atoms with Gasteiger partial charge in [0.25, 0.3) is 0 Å². The minimum Gasteiger partial charge on any atom is -0.470 e. The van der Waals surface area contributed by atoms with Gasteiger partial charge in [-0.25, -0.2) is 9.67 Å². The van der Waals surface area contributed by atoms with Crippen molar-refractivity contribution in [2.45, 2.75) is 12.7 Å². The van der Waals surface area contributed by atoms with Crippen LogP contribution in [0.3, 0.4) is 0 Å². The van der Waals surface area contributed by atoms with Crippen LogP contribution >= 0.6 is 0 Å². The van der Waals surface area contributed by atoms with Gasteiger partial charge in [0.1, 0.15) is 11.8 Å². The van der Waals surface area contributed by atoms with E-state index in [2.05, 4.69) is 10.1 Å². The maximum absolute atomic E-state index is 12.7. The molecule has 6 nitrogen and oxygen atoms in total. The van der Waals surface area contributed by atoms with E-state index in [4.69, 9.17) is 9.47 Å². The lowest BCUT2D eigenvalue weighted by Gasteiger charge is -2.27. The molecule has 0 unspecified atom stereocenters. The summed E-state index contributed by atoms with van der Waals surface area (Å²) < 4.78 is 39.2. The van der Waals surface area contributed by atoms with Gasteiger partial charge in [0.05, 0.1) is 31.3 Å². The lowest BCUT2D eigenvalue weighted by atomic mass is 10.1. The van der Waals surface area contributed by atoms with Crippen molar-refractivity contribution in [3.8, 4) is 28.3 Å². The molecule has 0 bridgehead atoms. The number of hydrogen-bond donors (Lipinski definition) is 0. The maximum atomic E-state index is 12.7. The molecule has 4 aromatic rings. The summed E-state index contributed by atoms with van der Waals surface area (Å²) in [7, 11) is 0. The Bertz CT molecular complexity index is 1120. The van der Waals surface area contributed by atoms with Crippen molar-refractivity contribution in [2.75, 3.05) is 13.2 Å². The van der Waals surface area contributed by atoms with Crippen LogP contribution in [0.2, 0.25) is 0 Å². The first-order valence-electron chi connectivity index (χ1n) is 8.83. The highest BCUT2D eigenvalue weighted by atomic mass is 19.3. The fourth-order valence-corrected chi connectivity index (χ4v) is 3.18. The van der Waals surface area contributed by atoms with Crippen molar-refractivity contribution in [3.05, 3.63) is 61.1 Å². The van der Waals surface area contributed by atoms with Gasteiger partial charge in [-0.15, -0.1) is 0 Å². The minimum atomic E-state index is -2.65. The van der Waals surface area contributed by atoms with E-state index < -0.39 is 6.55 Å². The summed E-state index contributed by atoms with van der Waals surface area (Å²) in [5, 5.41) is 3.68. The number of halogens is 2. The van der Waals surface area contributed by atoms with E-state index in [0.717, 1.165) is 22.5 Å². The topological polar surface area (TPSA) is 53.6 Å². The Hall–Kier alpha value is -3.26. The molecular formula is C20H16F2N4O2. The Kier molecular flexibility index (Phi) is 4.05. The maximum Gasteiger partial charge on any atom is 0.333 e. The Morgan fingerprint density at radius 1 is 1.00 bits per heavy atom. The van der Waals surface area contributed by atoms with Gasteiger partial charge < -0.3 is 9.47 Å². The standard InChI is InChI=1S/C20H16F2N4O2/c21-20(22)25-10-15(8-24-25)13-4-6-14(7-5-13)17-9-23-18-2-1-3-19(26(17)18)28-16-11-27-12-16/h1-10,16,20H,11-12H2. The average Bonchev–Trinajstić information content (AvgIpc) is 3.32. The smallest absolute Gasteiger partial charge is 0.333 e. The van der Waals surface area contributed by atoms with Crippen LogP contribution in [0.1, 0.15) is 6.55 Å². The number of aromatic nitrogens is 4. The van der Waals surface area contributed by atoms with E-state index in [1.807, 2.05) is 46.9 Å². The zero-order valence-corrected chi connectivity index (χ0v) is 14.7. The third-order valence-corrected chi connectivity index (χ3v) is 4.70. The van der Waals surface area contributed by atoms with Gasteiger partial charge in [0, 0.05) is 17.3 Å². The van der Waals surface area contributed by atoms with Gasteiger partial charge >= 0.3 is 6.55 Å². The van der Waals surface area contributed by atoms with Gasteiger partial charge in [-0.1, -0.05) is 30.3 Å². The molecule has 0 aliphatic carbocycles. The first-order chi connectivity index (χ1) is 13.7. The van der Waals surface area contributed by atoms with Crippen molar-refractivity contribution in [3.63, 3.8) is 0 Å². The summed E-state index contributed by atoms with van der Waals surface area (Å²) in [6.07, 6.45) is 4.61. The SMILES string of the molecule is FC(F)n1cc(-c2ccc(-c3cnc4cccc(OC5COC5)n34)cc2)cn1. The summed E-state index contributed by atoms with van der Waals surface area (Å²) in [5.74, 6) is 0.709. The van der Waals surface area contributed by atoms with Gasteiger partial charge in [-0.05, 0) is 17.7 Å². The van der Waals surface area contributed by atoms with Crippen LogP contribution in [0.25, 0.3) is 28.0 Å². The molecule has 0 saturated carbocycles. The van der Waals surface area contributed by atoms with Crippen molar-refractivity contribution in [1.82, 2.24) is 19.2 Å². The average molecular weight is 382 g/mol. The number of hydrogen-bond acceptors (Lipinski definition) is 4. The Morgan fingerprint density at radius 2 is 1.79 bits per heavy atom. The number of alkyl halides is 2. The number of pyridine rings is 1. The second-order valence-corrected chi connectivity index (χ2v) is 6.54. The van der Waals surface area contributed by atoms with Crippen LogP contribution < -0.4 is 4.74 Å². The predicted molar refractivity (Wildman–Crippen MR) is 98.3 cm³/mol. The Morgan fingerprint density at radius 3 is 2.46 bits per heavy atom. The molecule has 8 heteroatoms. The minimum absolute atomic E-state index is 0.0506. The van der Waals surface area contributed by atoms with Crippen LogP contribution in [-0.4, -0.2) is 38.5 Å². The first-order valence-corrected chi connectivity index (χ1v) is 8.83. The fraction of sp³-hybridized carbons (Fsp3) is 0.200. The monoisotopic (exact) mass is 382 g/mol. The van der Waals surface area contributed by atoms with Crippen molar-refractivity contribution >= 4 is 5.65 Å². The summed E-state index contributed by atoms with van der Waals surface area (Å²) >= 11 is 0. The van der Waals surface area contributed by atoms with E-state index >= 15 is 0 Å². The zero-order chi connectivity index (χ0) is 19.1. The summed E-state index contributed by atoms with van der Waals surface area (Å²) in [4.78, 5) is 4.47. The quantitative estimate of drug-likeness (QED) is 0.523. The number of imidazole rings is 1. The van der Waals surface area contributed by atoms with Gasteiger partial charge in [-0.2, -0.15) is 13.9 Å². The number of nitrogens with zero attached hydrogens (tertiary/aromatic N) is 4. The third-order valence-electron chi connectivity index (χ3n) is 4.70. The lowest BCUT2D eigenvalue weighted by molar-refractivity contribution is -0.0817. The Labute approximate surface area is 159 Å². The second kappa shape index (κ2) is 6.72. The fourth-order valence-electron chi connectivity index (χ4n) is 3.18. The number of benzene rings is 1. The Balaban J connectivity index is 1.49. The lowest BCUT2D eigenvalue weighted by Crippen LogP contribution is -2.39. The molecular weight excluding hydrogens is 366 g/mol. The molecule has 28 heavy (non-hydrogen) atoms. The van der Waals surface area contributed by atoms with Gasteiger partial charge in [-0.3, -0.25) is 4.40 Å². The molecule has 142 valence electrons. The molecule has 1 aliphatic rings. The molecule has 1 aliphatic heterocycles. The van der Waals surface area contributed by atoms with Crippen molar-refractivity contribution in [2.24, 2.45) is 0 Å². The van der Waals surface area contributed by atoms with Gasteiger partial charge in [0.2, 0.25) is 0 Å². The van der Waals surface area contributed by atoms with Gasteiger partial charge in [0.15, 0.2) is 5.88 Å². The van der Waals surface area contributed by atoms with Crippen LogP contribution in [0.5, 0.6) is 5.88 Å². The first kappa shape index (κ1) is 16.9. The molecule has 4 heterocycles. The highest BCUT2D eigenvalue weighted by Crippen LogP contribution is 2.29. The molecule has 0 amide bonds. The molecule has 3 aromatic heterocycles. The number of fused-ring (bicyclic) bond motifs is 1. The van der Waals surface area contributed by atoms with E-state index in [9.17, 15) is 8.78 Å². The normalized spacial score (nSPS) is 14.5. The van der Waals surface area contributed by atoms with Crippen LogP contribution in [0.4, 0.5) is 8.78 Å². The molecule has 1 aromatic carbocycles. The highest BCUT2D eigenvalue weighted by Gasteiger charge is 2.22. The molecule has 1 saturated heterocycles. The number of rotatable bonds is 5. The van der Waals surface area contributed by atoms with Crippen LogP contribution in [-0.2, 0) is 4.74 Å². The van der Waals surface area contributed by atoms with Crippen molar-refractivity contribution < 1.29 is 18.3 Å². The molecule has 0 spiro atoms. The summed E-state index contributed by atoms with van der Waals surface area (Å²) in [6, 6.07) is 13.4. The largest absolute Gasteiger partial charge is 0.470 e. The van der Waals surface area contributed by atoms with E-state index in [0.29, 0.717) is 29.3 Å². The van der Waals surface area contributed by atoms with Crippen LogP contribution in [0, 0.1) is 0 Å². The number of ether oxygens (including phenoxy) is 2. The van der Waals surface area contributed by atoms with Crippen molar-refractivity contribution in [1.29, 1.82) is 0 Å². The predicted octanol–water partition coefficient (Wildman–Crippen LogP) is 4.04. The summed E-state index contributed by atoms with van der Waals surface area (Å²) in [6.45, 7) is -1.48. The van der Waals surface area contributed by atoms with E-state index in [-0.39, 0.29) is 6.10 Å². The molecule has 0 atom stereocenters. The second-order valence-electron chi connectivity index (χ2n) is 6.54. The molecule has 1 fully saturated rings. The van der Waals surface area contributed by atoms with Crippen LogP contribution in [0.15, 0.2) is 61.1 Å². The molecule has 0 N–H and O–H groups in total. The highest BCUT2D eigenvalue weighted by molar-refractivity contribution is 5.70. The summed E-state index contributed by atoms with van der Waals surface area (Å²) in [5.41, 5.74) is 4.07. The molecule has 5 rings (SSSR count). The van der Waals surface area contributed by atoms with E-state index in [1.54, 1.807) is 6.20 Å². The zero-order valence-electron chi connectivity index (χ0n) is 14.7. The molecule has 0 radical (unpaired) electrons. The van der Waals surface area contributed by atoms with E-state index in [1.165, 1.54) is 12.4 Å².